The van der Waals surface area contributed by atoms with Gasteiger partial charge in [-0.3, -0.25) is 4.79 Å². The minimum Gasteiger partial charge on any atom is -0.465 e. The predicted octanol–water partition coefficient (Wildman–Crippen LogP) is 3.67. The molecule has 2 aromatic carbocycles. The number of hydrogen-bond donors (Lipinski definition) is 1. The molecule has 1 amide bonds. The third kappa shape index (κ3) is 3.97. The van der Waals surface area contributed by atoms with Gasteiger partial charge in [0.1, 0.15) is 0 Å². The van der Waals surface area contributed by atoms with Crippen LogP contribution in [-0.4, -0.2) is 24.2 Å². The number of esters is 1. The molecule has 126 valence electrons. The summed E-state index contributed by atoms with van der Waals surface area (Å²) in [5, 5.41) is 3.32. The van der Waals surface area contributed by atoms with Crippen molar-refractivity contribution in [1.29, 1.82) is 0 Å². The van der Waals surface area contributed by atoms with Gasteiger partial charge in [-0.25, -0.2) is 9.79 Å². The Bertz CT molecular complexity index is 886. The topological polar surface area (TPSA) is 67.8 Å². The lowest BCUT2D eigenvalue weighted by Gasteiger charge is -2.00. The molecular weight excluding hydrogens is 336 g/mol. The van der Waals surface area contributed by atoms with Gasteiger partial charge in [0.25, 0.3) is 5.91 Å². The van der Waals surface area contributed by atoms with Crippen LogP contribution in [0.15, 0.2) is 58.4 Å². The molecule has 1 fully saturated rings. The molecule has 0 atom stereocenters. The van der Waals surface area contributed by atoms with Crippen molar-refractivity contribution in [2.45, 2.75) is 6.92 Å². The minimum absolute atomic E-state index is 0.186. The van der Waals surface area contributed by atoms with Crippen LogP contribution in [0.3, 0.4) is 0 Å². The van der Waals surface area contributed by atoms with Crippen LogP contribution < -0.4 is 5.32 Å². The van der Waals surface area contributed by atoms with Crippen molar-refractivity contribution in [1.82, 2.24) is 5.32 Å². The summed E-state index contributed by atoms with van der Waals surface area (Å²) in [6.45, 7) is 1.97. The lowest BCUT2D eigenvalue weighted by atomic mass is 10.1. The second-order valence-electron chi connectivity index (χ2n) is 5.38. The average molecular weight is 352 g/mol. The molecule has 1 saturated heterocycles. The molecule has 6 heteroatoms. The van der Waals surface area contributed by atoms with Crippen molar-refractivity contribution in [2.75, 3.05) is 7.11 Å². The van der Waals surface area contributed by atoms with Crippen LogP contribution in [0.4, 0.5) is 5.69 Å². The molecule has 25 heavy (non-hydrogen) atoms. The summed E-state index contributed by atoms with van der Waals surface area (Å²) in [7, 11) is 1.34. The molecule has 0 aliphatic carbocycles. The number of amidine groups is 1. The van der Waals surface area contributed by atoms with Crippen LogP contribution in [-0.2, 0) is 9.53 Å². The normalized spacial score (nSPS) is 17.0. The molecular formula is C19H16N2O3S. The van der Waals surface area contributed by atoms with Gasteiger partial charge in [-0.15, -0.1) is 0 Å². The van der Waals surface area contributed by atoms with Gasteiger partial charge in [0, 0.05) is 0 Å². The summed E-state index contributed by atoms with van der Waals surface area (Å²) in [6.07, 6.45) is 1.77. The van der Waals surface area contributed by atoms with Crippen LogP contribution in [0.1, 0.15) is 21.5 Å². The summed E-state index contributed by atoms with van der Waals surface area (Å²) in [5.74, 6) is -0.575. The summed E-state index contributed by atoms with van der Waals surface area (Å²) in [5.41, 5.74) is 3.16. The van der Waals surface area contributed by atoms with E-state index >= 15 is 0 Å². The Morgan fingerprint density at radius 1 is 1.16 bits per heavy atom. The van der Waals surface area contributed by atoms with Crippen molar-refractivity contribution in [3.8, 4) is 0 Å². The highest BCUT2D eigenvalue weighted by atomic mass is 32.2. The molecule has 1 aliphatic heterocycles. The molecule has 1 N–H and O–H groups in total. The number of amides is 1. The number of nitrogens with one attached hydrogen (secondary N) is 1. The van der Waals surface area contributed by atoms with Gasteiger partial charge in [0.2, 0.25) is 0 Å². The Morgan fingerprint density at radius 3 is 2.56 bits per heavy atom. The second kappa shape index (κ2) is 7.36. The van der Waals surface area contributed by atoms with E-state index in [2.05, 4.69) is 15.0 Å². The van der Waals surface area contributed by atoms with E-state index < -0.39 is 0 Å². The van der Waals surface area contributed by atoms with Crippen molar-refractivity contribution in [3.63, 3.8) is 0 Å². The zero-order valence-corrected chi connectivity index (χ0v) is 14.6. The SMILES string of the molecule is COC(=O)c1ccc(C=C2SC(=Nc3ccccc3C)NC2=O)cc1. The van der Waals surface area contributed by atoms with E-state index in [9.17, 15) is 9.59 Å². The number of aryl methyl sites for hydroxylation is 1. The van der Waals surface area contributed by atoms with Crippen molar-refractivity contribution < 1.29 is 14.3 Å². The summed E-state index contributed by atoms with van der Waals surface area (Å²) < 4.78 is 4.67. The highest BCUT2D eigenvalue weighted by Crippen LogP contribution is 2.29. The van der Waals surface area contributed by atoms with E-state index in [1.54, 1.807) is 30.3 Å². The largest absolute Gasteiger partial charge is 0.465 e. The van der Waals surface area contributed by atoms with E-state index in [1.165, 1.54) is 18.9 Å². The van der Waals surface area contributed by atoms with Gasteiger partial charge >= 0.3 is 5.97 Å². The van der Waals surface area contributed by atoms with Gasteiger partial charge in [0.05, 0.1) is 23.3 Å². The van der Waals surface area contributed by atoms with Gasteiger partial charge in [-0.1, -0.05) is 30.3 Å². The van der Waals surface area contributed by atoms with E-state index in [1.807, 2.05) is 31.2 Å². The number of carbonyl (C=O) groups excluding carboxylic acids is 2. The highest BCUT2D eigenvalue weighted by molar-refractivity contribution is 8.18. The highest BCUT2D eigenvalue weighted by Gasteiger charge is 2.23. The maximum atomic E-state index is 12.1. The number of methoxy groups -OCH3 is 1. The van der Waals surface area contributed by atoms with Crippen molar-refractivity contribution in [2.24, 2.45) is 4.99 Å². The molecule has 5 nitrogen and oxygen atoms in total. The number of nitrogens with zero attached hydrogens (tertiary/aromatic N) is 1. The number of aliphatic imine (C=N–C) groups is 1. The first kappa shape index (κ1) is 17.0. The molecule has 2 aromatic rings. The summed E-state index contributed by atoms with van der Waals surface area (Å²) in [4.78, 5) is 28.6. The van der Waals surface area contributed by atoms with E-state index in [4.69, 9.17) is 0 Å². The third-order valence-electron chi connectivity index (χ3n) is 3.62. The van der Waals surface area contributed by atoms with Crippen molar-refractivity contribution >= 4 is 40.6 Å². The van der Waals surface area contributed by atoms with Gasteiger partial charge in [0.15, 0.2) is 5.17 Å². The molecule has 0 unspecified atom stereocenters. The molecule has 0 bridgehead atoms. The molecule has 0 spiro atoms. The molecule has 0 radical (unpaired) electrons. The molecule has 1 aliphatic rings. The maximum Gasteiger partial charge on any atom is 0.337 e. The third-order valence-corrected chi connectivity index (χ3v) is 4.53. The van der Waals surface area contributed by atoms with E-state index in [0.29, 0.717) is 15.6 Å². The zero-order valence-electron chi connectivity index (χ0n) is 13.8. The fraction of sp³-hybridized carbons (Fsp3) is 0.105. The first-order valence-corrected chi connectivity index (χ1v) is 8.42. The number of carbonyl (C=O) groups is 2. The molecule has 0 aromatic heterocycles. The first-order chi connectivity index (χ1) is 12.1. The Kier molecular flexibility index (Phi) is 5.00. The Hall–Kier alpha value is -2.86. The molecule has 3 rings (SSSR count). The minimum atomic E-state index is -0.389. The lowest BCUT2D eigenvalue weighted by Crippen LogP contribution is -2.19. The number of benzene rings is 2. The first-order valence-electron chi connectivity index (χ1n) is 7.60. The number of thioether (sulfide) groups is 1. The molecule has 0 saturated carbocycles. The number of para-hydroxylation sites is 1. The summed E-state index contributed by atoms with van der Waals surface area (Å²) >= 11 is 1.29. The standard InChI is InChI=1S/C19H16N2O3S/c1-12-5-3-4-6-15(12)20-19-21-17(22)16(25-19)11-13-7-9-14(10-8-13)18(23)24-2/h3-11H,1-2H3,(H,20,21,22). The monoisotopic (exact) mass is 352 g/mol. The van der Waals surface area contributed by atoms with Crippen LogP contribution in [0, 0.1) is 6.92 Å². The second-order valence-corrected chi connectivity index (χ2v) is 6.41. The summed E-state index contributed by atoms with van der Waals surface area (Å²) in [6, 6.07) is 14.6. The lowest BCUT2D eigenvalue weighted by molar-refractivity contribution is -0.115. The molecule has 1 heterocycles. The zero-order chi connectivity index (χ0) is 17.8. The number of rotatable bonds is 3. The Balaban J connectivity index is 1.80. The van der Waals surface area contributed by atoms with Crippen LogP contribution >= 0.6 is 11.8 Å². The maximum absolute atomic E-state index is 12.1. The van der Waals surface area contributed by atoms with E-state index in [-0.39, 0.29) is 11.9 Å². The van der Waals surface area contributed by atoms with Gasteiger partial charge < -0.3 is 10.1 Å². The fourth-order valence-electron chi connectivity index (χ4n) is 2.26. The quantitative estimate of drug-likeness (QED) is 0.676. The van der Waals surface area contributed by atoms with Gasteiger partial charge in [-0.05, 0) is 54.1 Å². The number of hydrogen-bond acceptors (Lipinski definition) is 5. The van der Waals surface area contributed by atoms with Crippen LogP contribution in [0.5, 0.6) is 0 Å². The van der Waals surface area contributed by atoms with Crippen molar-refractivity contribution in [3.05, 3.63) is 70.1 Å². The van der Waals surface area contributed by atoms with Crippen LogP contribution in [0.2, 0.25) is 0 Å². The number of ether oxygens (including phenoxy) is 1. The Morgan fingerprint density at radius 2 is 1.88 bits per heavy atom. The van der Waals surface area contributed by atoms with Gasteiger partial charge in [-0.2, -0.15) is 0 Å². The van der Waals surface area contributed by atoms with Crippen LogP contribution in [0.25, 0.3) is 6.08 Å². The predicted molar refractivity (Wildman–Crippen MR) is 99.8 cm³/mol. The smallest absolute Gasteiger partial charge is 0.337 e. The van der Waals surface area contributed by atoms with E-state index in [0.717, 1.165) is 16.8 Å². The fourth-order valence-corrected chi connectivity index (χ4v) is 3.10. The Labute approximate surface area is 149 Å². The average Bonchev–Trinajstić information content (AvgIpc) is 2.96.